The van der Waals surface area contributed by atoms with E-state index in [2.05, 4.69) is 5.32 Å². The molecule has 2 aromatic rings. The van der Waals surface area contributed by atoms with Crippen molar-refractivity contribution >= 4 is 23.2 Å². The smallest absolute Gasteiger partial charge is 0.262 e. The third-order valence-corrected chi connectivity index (χ3v) is 3.59. The lowest BCUT2D eigenvalue weighted by Crippen LogP contribution is -2.20. The van der Waals surface area contributed by atoms with Crippen LogP contribution in [0.1, 0.15) is 5.56 Å². The van der Waals surface area contributed by atoms with Crippen molar-refractivity contribution in [1.29, 1.82) is 0 Å². The number of anilines is 1. The van der Waals surface area contributed by atoms with Crippen molar-refractivity contribution in [3.05, 3.63) is 47.0 Å². The van der Waals surface area contributed by atoms with Crippen LogP contribution in [0.15, 0.2) is 36.4 Å². The topological polar surface area (TPSA) is 56.8 Å². The van der Waals surface area contributed by atoms with Crippen molar-refractivity contribution in [2.24, 2.45) is 0 Å². The molecule has 0 saturated heterocycles. The molecular weight excluding hydrogens is 318 g/mol. The van der Waals surface area contributed by atoms with Crippen LogP contribution in [0.5, 0.6) is 17.2 Å². The monoisotopic (exact) mass is 335 g/mol. The molecule has 23 heavy (non-hydrogen) atoms. The molecule has 0 fully saturated rings. The Morgan fingerprint density at radius 2 is 1.74 bits per heavy atom. The van der Waals surface area contributed by atoms with Gasteiger partial charge in [0.2, 0.25) is 0 Å². The number of benzene rings is 2. The molecule has 5 nitrogen and oxygen atoms in total. The van der Waals surface area contributed by atoms with Crippen LogP contribution >= 0.6 is 11.6 Å². The van der Waals surface area contributed by atoms with Gasteiger partial charge < -0.3 is 19.5 Å². The van der Waals surface area contributed by atoms with Crippen LogP contribution in [0.25, 0.3) is 0 Å². The molecule has 0 heterocycles. The molecule has 0 aliphatic carbocycles. The maximum Gasteiger partial charge on any atom is 0.262 e. The van der Waals surface area contributed by atoms with Gasteiger partial charge in [-0.2, -0.15) is 0 Å². The highest BCUT2D eigenvalue weighted by atomic mass is 35.5. The Morgan fingerprint density at radius 3 is 2.39 bits per heavy atom. The van der Waals surface area contributed by atoms with E-state index in [0.29, 0.717) is 28.0 Å². The zero-order chi connectivity index (χ0) is 16.8. The molecule has 0 bridgehead atoms. The van der Waals surface area contributed by atoms with Gasteiger partial charge in [-0.05, 0) is 30.7 Å². The Morgan fingerprint density at radius 1 is 1.09 bits per heavy atom. The van der Waals surface area contributed by atoms with Gasteiger partial charge in [0.05, 0.1) is 19.9 Å². The normalized spacial score (nSPS) is 10.1. The minimum atomic E-state index is -0.309. The molecule has 0 saturated carbocycles. The van der Waals surface area contributed by atoms with E-state index in [1.807, 2.05) is 13.0 Å². The van der Waals surface area contributed by atoms with Gasteiger partial charge in [0.25, 0.3) is 5.91 Å². The Kier molecular flexibility index (Phi) is 5.71. The van der Waals surface area contributed by atoms with Crippen molar-refractivity contribution in [3.63, 3.8) is 0 Å². The average Bonchev–Trinajstić information content (AvgIpc) is 2.56. The summed E-state index contributed by atoms with van der Waals surface area (Å²) in [6.07, 6.45) is 0. The predicted octanol–water partition coefficient (Wildman–Crippen LogP) is 3.68. The lowest BCUT2D eigenvalue weighted by atomic mass is 10.2. The summed E-state index contributed by atoms with van der Waals surface area (Å²) < 4.78 is 15.9. The van der Waals surface area contributed by atoms with Gasteiger partial charge in [-0.15, -0.1) is 0 Å². The quantitative estimate of drug-likeness (QED) is 0.874. The van der Waals surface area contributed by atoms with E-state index in [0.717, 1.165) is 5.56 Å². The number of hydrogen-bond acceptors (Lipinski definition) is 4. The van der Waals surface area contributed by atoms with Crippen LogP contribution in [-0.4, -0.2) is 26.7 Å². The molecule has 2 rings (SSSR count). The highest BCUT2D eigenvalue weighted by molar-refractivity contribution is 6.31. The van der Waals surface area contributed by atoms with Crippen LogP contribution in [0, 0.1) is 6.92 Å². The molecule has 122 valence electrons. The van der Waals surface area contributed by atoms with Crippen molar-refractivity contribution in [2.45, 2.75) is 6.92 Å². The zero-order valence-electron chi connectivity index (χ0n) is 13.2. The summed E-state index contributed by atoms with van der Waals surface area (Å²) in [5.74, 6) is 1.26. The largest absolute Gasteiger partial charge is 0.495 e. The zero-order valence-corrected chi connectivity index (χ0v) is 13.9. The van der Waals surface area contributed by atoms with Crippen LogP contribution in [-0.2, 0) is 4.79 Å². The summed E-state index contributed by atoms with van der Waals surface area (Å²) in [6.45, 7) is 1.70. The second-order valence-electron chi connectivity index (χ2n) is 4.79. The molecule has 0 spiro atoms. The van der Waals surface area contributed by atoms with E-state index in [4.69, 9.17) is 25.8 Å². The van der Waals surface area contributed by atoms with E-state index >= 15 is 0 Å². The summed E-state index contributed by atoms with van der Waals surface area (Å²) in [4.78, 5) is 12.1. The van der Waals surface area contributed by atoms with Crippen molar-refractivity contribution < 1.29 is 19.0 Å². The summed E-state index contributed by atoms with van der Waals surface area (Å²) in [6, 6.07) is 10.5. The van der Waals surface area contributed by atoms with Crippen LogP contribution in [0.2, 0.25) is 5.02 Å². The van der Waals surface area contributed by atoms with Crippen LogP contribution in [0.3, 0.4) is 0 Å². The number of halogens is 1. The number of carbonyl (C=O) groups excluding carboxylic acids is 1. The van der Waals surface area contributed by atoms with E-state index < -0.39 is 0 Å². The number of ether oxygens (including phenoxy) is 3. The van der Waals surface area contributed by atoms with Crippen LogP contribution < -0.4 is 19.5 Å². The molecular formula is C17H18ClNO4. The van der Waals surface area contributed by atoms with E-state index in [9.17, 15) is 4.79 Å². The highest BCUT2D eigenvalue weighted by Gasteiger charge is 2.12. The van der Waals surface area contributed by atoms with Gasteiger partial charge in [0.1, 0.15) is 5.75 Å². The third kappa shape index (κ3) is 4.29. The fourth-order valence-electron chi connectivity index (χ4n) is 2.00. The number of nitrogens with one attached hydrogen (secondary N) is 1. The number of para-hydroxylation sites is 2. The SMILES string of the molecule is COc1cc(Cl)c(C)cc1NC(=O)COc1ccccc1OC. The van der Waals surface area contributed by atoms with E-state index in [1.54, 1.807) is 37.4 Å². The summed E-state index contributed by atoms with van der Waals surface area (Å²) in [7, 11) is 3.06. The van der Waals surface area contributed by atoms with E-state index in [1.165, 1.54) is 7.11 Å². The van der Waals surface area contributed by atoms with Gasteiger partial charge in [-0.25, -0.2) is 0 Å². The number of carbonyl (C=O) groups is 1. The molecule has 1 amide bonds. The second-order valence-corrected chi connectivity index (χ2v) is 5.20. The first-order valence-corrected chi connectivity index (χ1v) is 7.32. The maximum atomic E-state index is 12.1. The van der Waals surface area contributed by atoms with Crippen molar-refractivity contribution in [2.75, 3.05) is 26.1 Å². The molecule has 0 aliphatic heterocycles. The summed E-state index contributed by atoms with van der Waals surface area (Å²) in [5, 5.41) is 3.32. The molecule has 0 atom stereocenters. The molecule has 2 aromatic carbocycles. The van der Waals surface area contributed by atoms with Gasteiger partial charge in [0.15, 0.2) is 18.1 Å². The molecule has 0 aliphatic rings. The molecule has 0 radical (unpaired) electrons. The maximum absolute atomic E-state index is 12.1. The number of methoxy groups -OCH3 is 2. The van der Waals surface area contributed by atoms with Gasteiger partial charge in [-0.1, -0.05) is 23.7 Å². The summed E-state index contributed by atoms with van der Waals surface area (Å²) in [5.41, 5.74) is 1.39. The number of amides is 1. The van der Waals surface area contributed by atoms with Crippen molar-refractivity contribution in [3.8, 4) is 17.2 Å². The number of aryl methyl sites for hydroxylation is 1. The standard InChI is InChI=1S/C17H18ClNO4/c1-11-8-13(16(22-3)9-12(11)18)19-17(20)10-23-15-7-5-4-6-14(15)21-2/h4-9H,10H2,1-3H3,(H,19,20). The second kappa shape index (κ2) is 7.74. The van der Waals surface area contributed by atoms with Crippen LogP contribution in [0.4, 0.5) is 5.69 Å². The molecule has 0 unspecified atom stereocenters. The molecule has 6 heteroatoms. The predicted molar refractivity (Wildman–Crippen MR) is 89.9 cm³/mol. The average molecular weight is 336 g/mol. The minimum absolute atomic E-state index is 0.148. The van der Waals surface area contributed by atoms with Gasteiger partial charge in [-0.3, -0.25) is 4.79 Å². The Bertz CT molecular complexity index is 703. The van der Waals surface area contributed by atoms with Gasteiger partial charge in [0, 0.05) is 11.1 Å². The van der Waals surface area contributed by atoms with E-state index in [-0.39, 0.29) is 12.5 Å². The lowest BCUT2D eigenvalue weighted by molar-refractivity contribution is -0.118. The fraction of sp³-hybridized carbons (Fsp3) is 0.235. The third-order valence-electron chi connectivity index (χ3n) is 3.18. The Hall–Kier alpha value is -2.40. The van der Waals surface area contributed by atoms with Gasteiger partial charge >= 0.3 is 0 Å². The first-order valence-electron chi connectivity index (χ1n) is 6.95. The Balaban J connectivity index is 2.04. The Labute approximate surface area is 140 Å². The lowest BCUT2D eigenvalue weighted by Gasteiger charge is -2.13. The fourth-order valence-corrected chi connectivity index (χ4v) is 2.15. The molecule has 1 N–H and O–H groups in total. The first-order chi connectivity index (χ1) is 11.0. The molecule has 0 aromatic heterocycles. The highest BCUT2D eigenvalue weighted by Crippen LogP contribution is 2.31. The number of rotatable bonds is 6. The first kappa shape index (κ1) is 17.0. The van der Waals surface area contributed by atoms with Crippen molar-refractivity contribution in [1.82, 2.24) is 0 Å². The minimum Gasteiger partial charge on any atom is -0.495 e. The summed E-state index contributed by atoms with van der Waals surface area (Å²) >= 11 is 6.04. The number of hydrogen-bond donors (Lipinski definition) is 1.